The number of hydrogen-bond donors (Lipinski definition) is 1. The second kappa shape index (κ2) is 4.68. The number of fused-ring (bicyclic) bond motifs is 1. The van der Waals surface area contributed by atoms with E-state index < -0.39 is 0 Å². The highest BCUT2D eigenvalue weighted by molar-refractivity contribution is 5.85. The van der Waals surface area contributed by atoms with Crippen LogP contribution in [0.1, 0.15) is 19.9 Å². The summed E-state index contributed by atoms with van der Waals surface area (Å²) in [6.07, 6.45) is 3.37. The molecular weight excluding hydrogens is 238 g/mol. The minimum Gasteiger partial charge on any atom is -0.338 e. The molecule has 5 heteroatoms. The largest absolute Gasteiger partial charge is 0.338 e. The quantitative estimate of drug-likeness (QED) is 0.779. The highest BCUT2D eigenvalue weighted by atomic mass is 15.2. The van der Waals surface area contributed by atoms with Gasteiger partial charge in [-0.1, -0.05) is 18.2 Å². The molecule has 2 aromatic heterocycles. The zero-order chi connectivity index (χ0) is 13.2. The Morgan fingerprint density at radius 2 is 1.84 bits per heavy atom. The summed E-state index contributed by atoms with van der Waals surface area (Å²) in [5.41, 5.74) is 2.63. The summed E-state index contributed by atoms with van der Waals surface area (Å²) in [5, 5.41) is 3.27. The molecular formula is C14H15N5. The van der Waals surface area contributed by atoms with Crippen LogP contribution >= 0.6 is 0 Å². The van der Waals surface area contributed by atoms with Crippen molar-refractivity contribution in [2.45, 2.75) is 19.9 Å². The Morgan fingerprint density at radius 1 is 1.05 bits per heavy atom. The van der Waals surface area contributed by atoms with E-state index in [1.165, 1.54) is 0 Å². The van der Waals surface area contributed by atoms with Crippen LogP contribution in [0.4, 0.5) is 11.5 Å². The lowest BCUT2D eigenvalue weighted by Gasteiger charge is -2.08. The highest BCUT2D eigenvalue weighted by Gasteiger charge is 2.11. The summed E-state index contributed by atoms with van der Waals surface area (Å²) in [4.78, 5) is 13.0. The number of nitrogens with one attached hydrogen (secondary N) is 1. The van der Waals surface area contributed by atoms with Crippen molar-refractivity contribution in [3.05, 3.63) is 43.0 Å². The van der Waals surface area contributed by atoms with E-state index in [-0.39, 0.29) is 0 Å². The molecule has 0 aliphatic heterocycles. The fourth-order valence-electron chi connectivity index (χ4n) is 1.98. The molecule has 0 radical (unpaired) electrons. The van der Waals surface area contributed by atoms with Gasteiger partial charge in [-0.05, 0) is 26.0 Å². The lowest BCUT2D eigenvalue weighted by atomic mass is 10.3. The summed E-state index contributed by atoms with van der Waals surface area (Å²) in [6, 6.07) is 10.3. The van der Waals surface area contributed by atoms with Gasteiger partial charge in [-0.25, -0.2) is 15.0 Å². The number of benzene rings is 1. The van der Waals surface area contributed by atoms with E-state index >= 15 is 0 Å². The molecule has 2 heterocycles. The molecule has 1 aromatic carbocycles. The van der Waals surface area contributed by atoms with Gasteiger partial charge in [0.15, 0.2) is 17.0 Å². The molecule has 0 atom stereocenters. The SMILES string of the molecule is CC(C)n1cnc2c(Nc3ccccc3)ncnc21. The van der Waals surface area contributed by atoms with Crippen LogP contribution in [-0.2, 0) is 0 Å². The molecule has 3 rings (SSSR count). The first-order valence-corrected chi connectivity index (χ1v) is 6.25. The van der Waals surface area contributed by atoms with Gasteiger partial charge in [0.1, 0.15) is 6.33 Å². The summed E-state index contributed by atoms with van der Waals surface area (Å²) >= 11 is 0. The van der Waals surface area contributed by atoms with Crippen molar-refractivity contribution >= 4 is 22.7 Å². The minimum absolute atomic E-state index is 0.324. The summed E-state index contributed by atoms with van der Waals surface area (Å²) < 4.78 is 2.03. The van der Waals surface area contributed by atoms with Gasteiger partial charge in [0, 0.05) is 11.7 Å². The van der Waals surface area contributed by atoms with Gasteiger partial charge in [-0.3, -0.25) is 0 Å². The molecule has 3 aromatic rings. The third-order valence-corrected chi connectivity index (χ3v) is 2.95. The Bertz CT molecular complexity index is 687. The molecule has 0 saturated carbocycles. The Hall–Kier alpha value is -2.43. The van der Waals surface area contributed by atoms with Gasteiger partial charge in [0.2, 0.25) is 0 Å². The zero-order valence-corrected chi connectivity index (χ0v) is 10.9. The Kier molecular flexibility index (Phi) is 2.87. The van der Waals surface area contributed by atoms with Crippen molar-refractivity contribution in [3.8, 4) is 0 Å². The monoisotopic (exact) mass is 253 g/mol. The predicted molar refractivity (Wildman–Crippen MR) is 75.4 cm³/mol. The maximum atomic E-state index is 4.41. The number of rotatable bonds is 3. The van der Waals surface area contributed by atoms with Crippen LogP contribution in [0.3, 0.4) is 0 Å². The van der Waals surface area contributed by atoms with Gasteiger partial charge in [-0.15, -0.1) is 0 Å². The predicted octanol–water partition coefficient (Wildman–Crippen LogP) is 3.15. The van der Waals surface area contributed by atoms with Crippen molar-refractivity contribution in [3.63, 3.8) is 0 Å². The highest BCUT2D eigenvalue weighted by Crippen LogP contribution is 2.23. The summed E-state index contributed by atoms with van der Waals surface area (Å²) in [5.74, 6) is 0.732. The molecule has 5 nitrogen and oxygen atoms in total. The topological polar surface area (TPSA) is 55.6 Å². The molecule has 0 saturated heterocycles. The first-order valence-electron chi connectivity index (χ1n) is 6.25. The van der Waals surface area contributed by atoms with Crippen molar-refractivity contribution in [2.75, 3.05) is 5.32 Å². The standard InChI is InChI=1S/C14H15N5/c1-10(2)19-9-17-12-13(15-8-16-14(12)19)18-11-6-4-3-5-7-11/h3-10H,1-2H3,(H,15,16,18). The van der Waals surface area contributed by atoms with E-state index in [0.717, 1.165) is 22.7 Å². The van der Waals surface area contributed by atoms with E-state index in [2.05, 4.69) is 34.1 Å². The Morgan fingerprint density at radius 3 is 2.58 bits per heavy atom. The zero-order valence-electron chi connectivity index (χ0n) is 10.9. The first-order chi connectivity index (χ1) is 9.25. The maximum absolute atomic E-state index is 4.41. The average Bonchev–Trinajstić information content (AvgIpc) is 2.85. The van der Waals surface area contributed by atoms with Crippen molar-refractivity contribution in [1.29, 1.82) is 0 Å². The van der Waals surface area contributed by atoms with Crippen molar-refractivity contribution in [2.24, 2.45) is 0 Å². The van der Waals surface area contributed by atoms with Gasteiger partial charge >= 0.3 is 0 Å². The van der Waals surface area contributed by atoms with E-state index in [1.54, 1.807) is 12.7 Å². The van der Waals surface area contributed by atoms with Gasteiger partial charge < -0.3 is 9.88 Å². The van der Waals surface area contributed by atoms with E-state index in [0.29, 0.717) is 6.04 Å². The number of nitrogens with zero attached hydrogens (tertiary/aromatic N) is 4. The number of anilines is 2. The van der Waals surface area contributed by atoms with Crippen LogP contribution in [-0.4, -0.2) is 19.5 Å². The fourth-order valence-corrected chi connectivity index (χ4v) is 1.98. The van der Waals surface area contributed by atoms with Gasteiger partial charge in [0.25, 0.3) is 0 Å². The number of hydrogen-bond acceptors (Lipinski definition) is 4. The molecule has 1 N–H and O–H groups in total. The lowest BCUT2D eigenvalue weighted by Crippen LogP contribution is -2.01. The van der Waals surface area contributed by atoms with Crippen LogP contribution in [0.15, 0.2) is 43.0 Å². The molecule has 0 aliphatic carbocycles. The van der Waals surface area contributed by atoms with E-state index in [4.69, 9.17) is 0 Å². The lowest BCUT2D eigenvalue weighted by molar-refractivity contribution is 0.612. The second-order valence-electron chi connectivity index (χ2n) is 4.63. The average molecular weight is 253 g/mol. The molecule has 0 fully saturated rings. The Balaban J connectivity index is 2.05. The first kappa shape index (κ1) is 11.6. The molecule has 19 heavy (non-hydrogen) atoms. The van der Waals surface area contributed by atoms with Crippen molar-refractivity contribution in [1.82, 2.24) is 19.5 Å². The van der Waals surface area contributed by atoms with E-state index in [1.807, 2.05) is 34.9 Å². The third-order valence-electron chi connectivity index (χ3n) is 2.95. The molecule has 0 bridgehead atoms. The molecule has 96 valence electrons. The van der Waals surface area contributed by atoms with Crippen LogP contribution in [0.25, 0.3) is 11.2 Å². The summed E-state index contributed by atoms with van der Waals surface area (Å²) in [6.45, 7) is 4.21. The fraction of sp³-hybridized carbons (Fsp3) is 0.214. The van der Waals surface area contributed by atoms with Crippen LogP contribution in [0.2, 0.25) is 0 Å². The summed E-state index contributed by atoms with van der Waals surface area (Å²) in [7, 11) is 0. The minimum atomic E-state index is 0.324. The molecule has 0 unspecified atom stereocenters. The molecule has 0 spiro atoms. The number of aromatic nitrogens is 4. The van der Waals surface area contributed by atoms with Crippen LogP contribution < -0.4 is 5.32 Å². The maximum Gasteiger partial charge on any atom is 0.165 e. The van der Waals surface area contributed by atoms with Crippen LogP contribution in [0.5, 0.6) is 0 Å². The van der Waals surface area contributed by atoms with E-state index in [9.17, 15) is 0 Å². The normalized spacial score (nSPS) is 11.1. The molecule has 0 amide bonds. The van der Waals surface area contributed by atoms with Crippen LogP contribution in [0, 0.1) is 0 Å². The third kappa shape index (κ3) is 2.14. The van der Waals surface area contributed by atoms with Crippen molar-refractivity contribution < 1.29 is 0 Å². The number of imidazole rings is 1. The smallest absolute Gasteiger partial charge is 0.165 e. The molecule has 0 aliphatic rings. The number of para-hydroxylation sites is 1. The Labute approximate surface area is 111 Å². The van der Waals surface area contributed by atoms with Gasteiger partial charge in [0.05, 0.1) is 6.33 Å². The van der Waals surface area contributed by atoms with Gasteiger partial charge in [-0.2, -0.15) is 0 Å². The second-order valence-corrected chi connectivity index (χ2v) is 4.63.